The second-order valence-corrected chi connectivity index (χ2v) is 4.11. The standard InChI is InChI=1S/C10H20NO2S/c1-3-4-5-7-13-11-10(9-12)6-8-14-2/h10-11H,3-8H2,1-2H3/t10-/m0/s1. The Morgan fingerprint density at radius 3 is 2.86 bits per heavy atom. The fraction of sp³-hybridized carbons (Fsp3) is 0.900. The highest BCUT2D eigenvalue weighted by atomic mass is 32.2. The number of carbonyl (C=O) groups excluding carboxylic acids is 1. The summed E-state index contributed by atoms with van der Waals surface area (Å²) in [5.74, 6) is 0.950. The van der Waals surface area contributed by atoms with E-state index >= 15 is 0 Å². The van der Waals surface area contributed by atoms with E-state index < -0.39 is 0 Å². The van der Waals surface area contributed by atoms with Gasteiger partial charge in [-0.2, -0.15) is 17.2 Å². The SMILES string of the molecule is CCCCCON[C@H]([C]=O)CCSC. The number of thioether (sulfide) groups is 1. The molecule has 0 unspecified atom stereocenters. The Balaban J connectivity index is 3.28. The molecule has 83 valence electrons. The lowest BCUT2D eigenvalue weighted by molar-refractivity contribution is 0.0271. The summed E-state index contributed by atoms with van der Waals surface area (Å²) in [6.07, 6.45) is 8.11. The van der Waals surface area contributed by atoms with Crippen molar-refractivity contribution >= 4 is 18.0 Å². The van der Waals surface area contributed by atoms with Crippen LogP contribution in [0.4, 0.5) is 0 Å². The lowest BCUT2D eigenvalue weighted by Crippen LogP contribution is -2.31. The predicted molar refractivity (Wildman–Crippen MR) is 61.1 cm³/mol. The molecule has 0 bridgehead atoms. The number of hydrogen-bond donors (Lipinski definition) is 1. The highest BCUT2D eigenvalue weighted by Crippen LogP contribution is 1.99. The van der Waals surface area contributed by atoms with E-state index in [2.05, 4.69) is 12.4 Å². The van der Waals surface area contributed by atoms with Crippen molar-refractivity contribution < 1.29 is 9.63 Å². The van der Waals surface area contributed by atoms with Crippen molar-refractivity contribution in [3.8, 4) is 0 Å². The largest absolute Gasteiger partial charge is 0.301 e. The van der Waals surface area contributed by atoms with Crippen molar-refractivity contribution in [1.29, 1.82) is 0 Å². The lowest BCUT2D eigenvalue weighted by atomic mass is 10.3. The minimum atomic E-state index is -0.274. The monoisotopic (exact) mass is 218 g/mol. The summed E-state index contributed by atoms with van der Waals surface area (Å²) in [5.41, 5.74) is 2.73. The van der Waals surface area contributed by atoms with Crippen molar-refractivity contribution in [3.63, 3.8) is 0 Å². The molecule has 0 aliphatic rings. The first kappa shape index (κ1) is 13.9. The second-order valence-electron chi connectivity index (χ2n) is 3.13. The van der Waals surface area contributed by atoms with Crippen LogP contribution in [0.25, 0.3) is 0 Å². The fourth-order valence-electron chi connectivity index (χ4n) is 0.961. The van der Waals surface area contributed by atoms with Gasteiger partial charge in [0.25, 0.3) is 0 Å². The molecule has 3 nitrogen and oxygen atoms in total. The van der Waals surface area contributed by atoms with Crippen LogP contribution < -0.4 is 5.48 Å². The van der Waals surface area contributed by atoms with E-state index in [1.165, 1.54) is 12.8 Å². The molecule has 0 amide bonds. The van der Waals surface area contributed by atoms with Gasteiger partial charge in [0.2, 0.25) is 6.29 Å². The van der Waals surface area contributed by atoms with Gasteiger partial charge in [0.05, 0.1) is 12.6 Å². The Morgan fingerprint density at radius 1 is 1.50 bits per heavy atom. The summed E-state index contributed by atoms with van der Waals surface area (Å²) in [7, 11) is 0. The van der Waals surface area contributed by atoms with Crippen LogP contribution >= 0.6 is 11.8 Å². The van der Waals surface area contributed by atoms with Gasteiger partial charge in [-0.05, 0) is 24.9 Å². The maximum Gasteiger partial charge on any atom is 0.219 e. The van der Waals surface area contributed by atoms with Gasteiger partial charge in [-0.15, -0.1) is 0 Å². The third kappa shape index (κ3) is 8.53. The summed E-state index contributed by atoms with van der Waals surface area (Å²) in [4.78, 5) is 15.6. The summed E-state index contributed by atoms with van der Waals surface area (Å²) < 4.78 is 0. The van der Waals surface area contributed by atoms with Crippen molar-refractivity contribution in [2.45, 2.75) is 38.6 Å². The number of nitrogens with one attached hydrogen (secondary N) is 1. The van der Waals surface area contributed by atoms with E-state index in [1.807, 2.05) is 12.5 Å². The molecule has 1 N–H and O–H groups in total. The molecule has 1 atom stereocenters. The lowest BCUT2D eigenvalue weighted by Gasteiger charge is -2.10. The van der Waals surface area contributed by atoms with Gasteiger partial charge in [0.1, 0.15) is 0 Å². The molecule has 0 heterocycles. The minimum Gasteiger partial charge on any atom is -0.301 e. The van der Waals surface area contributed by atoms with Crippen LogP contribution in [0, 0.1) is 0 Å². The van der Waals surface area contributed by atoms with E-state index in [4.69, 9.17) is 4.84 Å². The van der Waals surface area contributed by atoms with Crippen LogP contribution in [0.1, 0.15) is 32.6 Å². The molecule has 0 rings (SSSR count). The first-order valence-electron chi connectivity index (χ1n) is 5.09. The Hall–Kier alpha value is -0.0600. The first-order valence-corrected chi connectivity index (χ1v) is 6.48. The quantitative estimate of drug-likeness (QED) is 0.449. The molecule has 1 radical (unpaired) electrons. The van der Waals surface area contributed by atoms with Crippen LogP contribution in [-0.4, -0.2) is 30.9 Å². The average molecular weight is 218 g/mol. The number of hydroxylamine groups is 1. The van der Waals surface area contributed by atoms with Gasteiger partial charge < -0.3 is 4.84 Å². The van der Waals surface area contributed by atoms with Gasteiger partial charge in [-0.3, -0.25) is 4.79 Å². The average Bonchev–Trinajstić information content (AvgIpc) is 2.22. The molecule has 0 aromatic heterocycles. The van der Waals surface area contributed by atoms with Gasteiger partial charge in [0, 0.05) is 0 Å². The molecule has 0 fully saturated rings. The number of unbranched alkanes of at least 4 members (excludes halogenated alkanes) is 2. The molecular formula is C10H20NO2S. The fourth-order valence-corrected chi connectivity index (χ4v) is 1.43. The van der Waals surface area contributed by atoms with Crippen molar-refractivity contribution in [1.82, 2.24) is 5.48 Å². The molecule has 0 aliphatic carbocycles. The topological polar surface area (TPSA) is 38.3 Å². The van der Waals surface area contributed by atoms with Crippen LogP contribution in [0.15, 0.2) is 0 Å². The van der Waals surface area contributed by atoms with Crippen molar-refractivity contribution in [2.75, 3.05) is 18.6 Å². The zero-order valence-electron chi connectivity index (χ0n) is 9.04. The maximum atomic E-state index is 10.5. The van der Waals surface area contributed by atoms with Crippen molar-refractivity contribution in [2.24, 2.45) is 0 Å². The predicted octanol–water partition coefficient (Wildman–Crippen LogP) is 1.93. The highest BCUT2D eigenvalue weighted by molar-refractivity contribution is 7.98. The van der Waals surface area contributed by atoms with E-state index in [-0.39, 0.29) is 6.04 Å². The molecule has 0 saturated heterocycles. The Kier molecular flexibility index (Phi) is 11.0. The maximum absolute atomic E-state index is 10.5. The zero-order valence-corrected chi connectivity index (χ0v) is 9.86. The summed E-state index contributed by atoms with van der Waals surface area (Å²) >= 11 is 1.72. The molecular weight excluding hydrogens is 198 g/mol. The summed E-state index contributed by atoms with van der Waals surface area (Å²) in [6.45, 7) is 2.82. The number of hydrogen-bond acceptors (Lipinski definition) is 4. The third-order valence-corrected chi connectivity index (χ3v) is 2.47. The second kappa shape index (κ2) is 11.0. The van der Waals surface area contributed by atoms with E-state index in [0.717, 1.165) is 18.6 Å². The summed E-state index contributed by atoms with van der Waals surface area (Å²) in [5, 5.41) is 0. The molecule has 4 heteroatoms. The molecule has 14 heavy (non-hydrogen) atoms. The van der Waals surface area contributed by atoms with Crippen LogP contribution in [0.2, 0.25) is 0 Å². The van der Waals surface area contributed by atoms with E-state index in [9.17, 15) is 4.79 Å². The molecule has 0 aromatic rings. The van der Waals surface area contributed by atoms with Gasteiger partial charge in [-0.25, -0.2) is 0 Å². The normalized spacial score (nSPS) is 12.7. The van der Waals surface area contributed by atoms with Gasteiger partial charge in [-0.1, -0.05) is 19.8 Å². The van der Waals surface area contributed by atoms with Crippen LogP contribution in [0.3, 0.4) is 0 Å². The molecule has 0 aliphatic heterocycles. The minimum absolute atomic E-state index is 0.274. The molecule has 0 aromatic carbocycles. The third-order valence-electron chi connectivity index (χ3n) is 1.83. The van der Waals surface area contributed by atoms with E-state index in [0.29, 0.717) is 6.61 Å². The first-order chi connectivity index (χ1) is 6.85. The smallest absolute Gasteiger partial charge is 0.219 e. The Bertz CT molecular complexity index is 133. The number of rotatable bonds is 10. The van der Waals surface area contributed by atoms with Crippen molar-refractivity contribution in [3.05, 3.63) is 0 Å². The van der Waals surface area contributed by atoms with E-state index in [1.54, 1.807) is 11.8 Å². The summed E-state index contributed by atoms with van der Waals surface area (Å²) in [6, 6.07) is -0.274. The van der Waals surface area contributed by atoms with Gasteiger partial charge in [0.15, 0.2) is 0 Å². The van der Waals surface area contributed by atoms with Crippen LogP contribution in [-0.2, 0) is 9.63 Å². The Morgan fingerprint density at radius 2 is 2.29 bits per heavy atom. The molecule has 0 spiro atoms. The van der Waals surface area contributed by atoms with Gasteiger partial charge >= 0.3 is 0 Å². The van der Waals surface area contributed by atoms with Crippen LogP contribution in [0.5, 0.6) is 0 Å². The zero-order chi connectivity index (χ0) is 10.6. The Labute approximate surface area is 90.9 Å². The molecule has 0 saturated carbocycles. The highest BCUT2D eigenvalue weighted by Gasteiger charge is 2.06.